The van der Waals surface area contributed by atoms with Gasteiger partial charge in [0.1, 0.15) is 5.82 Å². The summed E-state index contributed by atoms with van der Waals surface area (Å²) in [4.78, 5) is 21.3. The van der Waals surface area contributed by atoms with Crippen LogP contribution in [-0.4, -0.2) is 51.6 Å². The van der Waals surface area contributed by atoms with Crippen molar-refractivity contribution in [3.63, 3.8) is 0 Å². The van der Waals surface area contributed by atoms with Gasteiger partial charge in [-0.2, -0.15) is 0 Å². The second kappa shape index (κ2) is 5.88. The first-order chi connectivity index (χ1) is 11.3. The zero-order valence-corrected chi connectivity index (χ0v) is 13.7. The summed E-state index contributed by atoms with van der Waals surface area (Å²) in [6, 6.07) is 6.03. The number of nitrogens with zero attached hydrogens (tertiary/aromatic N) is 5. The van der Waals surface area contributed by atoms with Crippen molar-refractivity contribution in [1.29, 1.82) is 0 Å². The first-order valence-electron chi connectivity index (χ1n) is 7.98. The minimum atomic E-state index is 0.0223. The van der Waals surface area contributed by atoms with E-state index in [0.717, 1.165) is 44.8 Å². The summed E-state index contributed by atoms with van der Waals surface area (Å²) in [6.07, 6.45) is 5.18. The third-order valence-electron chi connectivity index (χ3n) is 4.94. The minimum Gasteiger partial charge on any atom is -0.356 e. The van der Waals surface area contributed by atoms with E-state index in [1.54, 1.807) is 5.38 Å². The number of amides is 1. The molecule has 4 rings (SSSR count). The van der Waals surface area contributed by atoms with Gasteiger partial charge in [0.25, 0.3) is 5.91 Å². The Morgan fingerprint density at radius 2 is 2.17 bits per heavy atom. The van der Waals surface area contributed by atoms with Crippen LogP contribution >= 0.6 is 11.5 Å². The molecule has 0 radical (unpaired) electrons. The van der Waals surface area contributed by atoms with E-state index in [9.17, 15) is 4.79 Å². The molecule has 0 unspecified atom stereocenters. The molecule has 0 N–H and O–H groups in total. The van der Waals surface area contributed by atoms with Gasteiger partial charge >= 0.3 is 0 Å². The zero-order chi connectivity index (χ0) is 15.7. The van der Waals surface area contributed by atoms with E-state index >= 15 is 0 Å². The Kier molecular flexibility index (Phi) is 3.72. The molecule has 2 aliphatic heterocycles. The number of piperidine rings is 1. The van der Waals surface area contributed by atoms with Crippen molar-refractivity contribution in [2.24, 2.45) is 5.41 Å². The SMILES string of the molecule is O=C(c1csnn1)N1CCC[C@@]2(CCN(c3ccccn3)C2)C1. The standard InChI is InChI=1S/C16H19N5OS/c22-15(13-10-23-19-18-13)21-8-3-5-16(12-21)6-9-20(11-16)14-4-1-2-7-17-14/h1-2,4,7,10H,3,5-6,8-9,11-12H2/t16-/m0/s1. The van der Waals surface area contributed by atoms with E-state index in [0.29, 0.717) is 5.69 Å². The lowest BCUT2D eigenvalue weighted by Gasteiger charge is -2.40. The van der Waals surface area contributed by atoms with Crippen molar-refractivity contribution in [3.8, 4) is 0 Å². The predicted octanol–water partition coefficient (Wildman–Crippen LogP) is 2.07. The number of likely N-dealkylation sites (tertiary alicyclic amines) is 1. The monoisotopic (exact) mass is 329 g/mol. The highest BCUT2D eigenvalue weighted by atomic mass is 32.1. The van der Waals surface area contributed by atoms with Gasteiger partial charge in [0.15, 0.2) is 5.69 Å². The summed E-state index contributed by atoms with van der Waals surface area (Å²) >= 11 is 1.23. The maximum absolute atomic E-state index is 12.6. The highest BCUT2D eigenvalue weighted by Crippen LogP contribution is 2.40. The summed E-state index contributed by atoms with van der Waals surface area (Å²) in [7, 11) is 0. The van der Waals surface area contributed by atoms with Gasteiger partial charge in [-0.1, -0.05) is 10.6 Å². The van der Waals surface area contributed by atoms with Gasteiger partial charge in [-0.05, 0) is 42.9 Å². The molecule has 0 saturated carbocycles. The molecule has 2 fully saturated rings. The van der Waals surface area contributed by atoms with Crippen LogP contribution in [0.1, 0.15) is 29.8 Å². The molecule has 7 heteroatoms. The van der Waals surface area contributed by atoms with Gasteiger partial charge in [-0.15, -0.1) is 5.10 Å². The molecule has 6 nitrogen and oxygen atoms in total. The van der Waals surface area contributed by atoms with Crippen molar-refractivity contribution in [1.82, 2.24) is 19.5 Å². The molecule has 2 saturated heterocycles. The van der Waals surface area contributed by atoms with Crippen LogP contribution in [0.15, 0.2) is 29.8 Å². The summed E-state index contributed by atoms with van der Waals surface area (Å²) in [6.45, 7) is 3.62. The Morgan fingerprint density at radius 1 is 1.22 bits per heavy atom. The lowest BCUT2D eigenvalue weighted by molar-refractivity contribution is 0.0551. The number of rotatable bonds is 2. The van der Waals surface area contributed by atoms with E-state index in [-0.39, 0.29) is 11.3 Å². The quantitative estimate of drug-likeness (QED) is 0.844. The number of aromatic nitrogens is 3. The summed E-state index contributed by atoms with van der Waals surface area (Å²) in [5, 5.41) is 5.66. The Morgan fingerprint density at radius 3 is 2.96 bits per heavy atom. The molecule has 0 bridgehead atoms. The maximum atomic E-state index is 12.6. The second-order valence-corrected chi connectivity index (χ2v) is 7.09. The molecular formula is C16H19N5OS. The largest absolute Gasteiger partial charge is 0.356 e. The molecule has 2 aromatic rings. The van der Waals surface area contributed by atoms with Gasteiger partial charge in [0, 0.05) is 43.2 Å². The number of carbonyl (C=O) groups excluding carboxylic acids is 1. The molecule has 23 heavy (non-hydrogen) atoms. The van der Waals surface area contributed by atoms with Crippen molar-refractivity contribution in [2.45, 2.75) is 19.3 Å². The first kappa shape index (κ1) is 14.6. The minimum absolute atomic E-state index is 0.0223. The van der Waals surface area contributed by atoms with Gasteiger partial charge < -0.3 is 9.80 Å². The third-order valence-corrected chi connectivity index (χ3v) is 5.44. The predicted molar refractivity (Wildman–Crippen MR) is 88.5 cm³/mol. The molecular weight excluding hydrogens is 310 g/mol. The van der Waals surface area contributed by atoms with E-state index in [1.165, 1.54) is 18.0 Å². The molecule has 1 atom stereocenters. The smallest absolute Gasteiger partial charge is 0.275 e. The summed E-state index contributed by atoms with van der Waals surface area (Å²) < 4.78 is 3.81. The fraction of sp³-hybridized carbons (Fsp3) is 0.500. The molecule has 1 amide bonds. The number of hydrogen-bond acceptors (Lipinski definition) is 6. The second-order valence-electron chi connectivity index (χ2n) is 6.48. The highest BCUT2D eigenvalue weighted by molar-refractivity contribution is 7.03. The van der Waals surface area contributed by atoms with Crippen molar-refractivity contribution < 1.29 is 4.79 Å². The fourth-order valence-corrected chi connectivity index (χ4v) is 4.24. The molecule has 1 spiro atoms. The van der Waals surface area contributed by atoms with E-state index < -0.39 is 0 Å². The van der Waals surface area contributed by atoms with Crippen LogP contribution in [0.5, 0.6) is 0 Å². The number of pyridine rings is 1. The molecule has 2 aliphatic rings. The maximum Gasteiger partial charge on any atom is 0.275 e. The van der Waals surface area contributed by atoms with E-state index in [4.69, 9.17) is 0 Å². The summed E-state index contributed by atoms with van der Waals surface area (Å²) in [5.74, 6) is 1.06. The Bertz CT molecular complexity index is 677. The number of carbonyl (C=O) groups is 1. The molecule has 4 heterocycles. The highest BCUT2D eigenvalue weighted by Gasteiger charge is 2.43. The van der Waals surface area contributed by atoms with Crippen LogP contribution < -0.4 is 4.90 Å². The van der Waals surface area contributed by atoms with Crippen LogP contribution in [0.2, 0.25) is 0 Å². The summed E-state index contributed by atoms with van der Waals surface area (Å²) in [5.41, 5.74) is 0.668. The Hall–Kier alpha value is -2.02. The zero-order valence-electron chi connectivity index (χ0n) is 12.9. The molecule has 0 aromatic carbocycles. The molecule has 0 aliphatic carbocycles. The van der Waals surface area contributed by atoms with Crippen LogP contribution in [0.25, 0.3) is 0 Å². The van der Waals surface area contributed by atoms with Gasteiger partial charge in [0.2, 0.25) is 0 Å². The lowest BCUT2D eigenvalue weighted by Crippen LogP contribution is -2.47. The van der Waals surface area contributed by atoms with Crippen LogP contribution in [-0.2, 0) is 0 Å². The van der Waals surface area contributed by atoms with Crippen LogP contribution in [0.3, 0.4) is 0 Å². The normalized spacial score (nSPS) is 24.3. The van der Waals surface area contributed by atoms with E-state index in [1.807, 2.05) is 23.2 Å². The average Bonchev–Trinajstić information content (AvgIpc) is 3.26. The van der Waals surface area contributed by atoms with E-state index in [2.05, 4.69) is 25.5 Å². The van der Waals surface area contributed by atoms with Crippen LogP contribution in [0, 0.1) is 5.41 Å². The van der Waals surface area contributed by atoms with Gasteiger partial charge in [-0.3, -0.25) is 4.79 Å². The van der Waals surface area contributed by atoms with Crippen LogP contribution in [0.4, 0.5) is 5.82 Å². The third kappa shape index (κ3) is 2.81. The Balaban J connectivity index is 1.48. The number of anilines is 1. The van der Waals surface area contributed by atoms with Crippen molar-refractivity contribution >= 4 is 23.3 Å². The molecule has 120 valence electrons. The van der Waals surface area contributed by atoms with Crippen molar-refractivity contribution in [2.75, 3.05) is 31.1 Å². The first-order valence-corrected chi connectivity index (χ1v) is 8.82. The lowest BCUT2D eigenvalue weighted by atomic mass is 9.79. The number of hydrogen-bond donors (Lipinski definition) is 0. The topological polar surface area (TPSA) is 62.2 Å². The van der Waals surface area contributed by atoms with Gasteiger partial charge in [-0.25, -0.2) is 4.98 Å². The Labute approximate surface area is 139 Å². The van der Waals surface area contributed by atoms with Gasteiger partial charge in [0.05, 0.1) is 0 Å². The molecule has 2 aromatic heterocycles. The fourth-order valence-electron chi connectivity index (χ4n) is 3.81. The average molecular weight is 329 g/mol. The van der Waals surface area contributed by atoms with Crippen molar-refractivity contribution in [3.05, 3.63) is 35.5 Å².